The van der Waals surface area contributed by atoms with Crippen LogP contribution in [-0.4, -0.2) is 33.8 Å². The lowest BCUT2D eigenvalue weighted by Gasteiger charge is -2.14. The number of benzene rings is 2. The Balaban J connectivity index is 1.34. The van der Waals surface area contributed by atoms with Crippen molar-refractivity contribution < 1.29 is 23.9 Å². The highest BCUT2D eigenvalue weighted by Crippen LogP contribution is 2.30. The molecular weight excluding hydrogens is 458 g/mol. The van der Waals surface area contributed by atoms with Crippen molar-refractivity contribution >= 4 is 39.8 Å². The van der Waals surface area contributed by atoms with Gasteiger partial charge in [0.2, 0.25) is 0 Å². The first-order valence-electron chi connectivity index (χ1n) is 10.3. The SMILES string of the molecule is CCOc1ccc(N2C(=O)c3ccc(C(=O)OCc4cc(=O)n5ccsc5n4)cc3C2=O)cc1. The lowest BCUT2D eigenvalue weighted by Crippen LogP contribution is -2.29. The van der Waals surface area contributed by atoms with Gasteiger partial charge in [-0.05, 0) is 49.4 Å². The molecule has 1 aliphatic rings. The minimum Gasteiger partial charge on any atom is -0.494 e. The molecule has 0 aliphatic carbocycles. The molecule has 34 heavy (non-hydrogen) atoms. The molecular formula is C24H17N3O6S. The van der Waals surface area contributed by atoms with Crippen LogP contribution in [0.3, 0.4) is 0 Å². The van der Waals surface area contributed by atoms with Crippen LogP contribution in [0.1, 0.15) is 43.7 Å². The van der Waals surface area contributed by atoms with E-state index in [1.807, 2.05) is 6.92 Å². The van der Waals surface area contributed by atoms with Gasteiger partial charge in [0.05, 0.1) is 34.7 Å². The van der Waals surface area contributed by atoms with E-state index in [1.165, 1.54) is 40.0 Å². The van der Waals surface area contributed by atoms with Gasteiger partial charge in [0.25, 0.3) is 17.4 Å². The largest absolute Gasteiger partial charge is 0.494 e. The summed E-state index contributed by atoms with van der Waals surface area (Å²) in [5.41, 5.74) is 0.878. The molecule has 0 saturated carbocycles. The normalized spacial score (nSPS) is 12.8. The minimum absolute atomic E-state index is 0.113. The van der Waals surface area contributed by atoms with Crippen molar-refractivity contribution in [2.24, 2.45) is 0 Å². The van der Waals surface area contributed by atoms with Gasteiger partial charge in [0.15, 0.2) is 4.96 Å². The number of hydrogen-bond donors (Lipinski definition) is 0. The fourth-order valence-corrected chi connectivity index (χ4v) is 4.38. The molecule has 4 aromatic rings. The first-order valence-corrected chi connectivity index (χ1v) is 11.2. The Morgan fingerprint density at radius 1 is 1.00 bits per heavy atom. The number of carbonyl (C=O) groups is 3. The van der Waals surface area contributed by atoms with Crippen LogP contribution in [0.4, 0.5) is 5.69 Å². The summed E-state index contributed by atoms with van der Waals surface area (Å²) in [6.07, 6.45) is 1.62. The molecule has 9 nitrogen and oxygen atoms in total. The summed E-state index contributed by atoms with van der Waals surface area (Å²) in [5, 5.41) is 1.74. The first-order chi connectivity index (χ1) is 16.5. The number of rotatable bonds is 6. The molecule has 10 heteroatoms. The van der Waals surface area contributed by atoms with E-state index in [0.717, 1.165) is 4.90 Å². The molecule has 2 aromatic heterocycles. The molecule has 0 radical (unpaired) electrons. The number of hydrogen-bond acceptors (Lipinski definition) is 8. The molecule has 0 atom stereocenters. The van der Waals surface area contributed by atoms with E-state index < -0.39 is 17.8 Å². The fourth-order valence-electron chi connectivity index (χ4n) is 3.64. The summed E-state index contributed by atoms with van der Waals surface area (Å²) in [7, 11) is 0. The van der Waals surface area contributed by atoms with Crippen LogP contribution in [0.25, 0.3) is 4.96 Å². The van der Waals surface area contributed by atoms with Gasteiger partial charge in [0, 0.05) is 17.6 Å². The molecule has 0 saturated heterocycles. The molecule has 0 bridgehead atoms. The van der Waals surface area contributed by atoms with Crippen LogP contribution in [0, 0.1) is 0 Å². The third kappa shape index (κ3) is 3.73. The summed E-state index contributed by atoms with van der Waals surface area (Å²) >= 11 is 1.29. The summed E-state index contributed by atoms with van der Waals surface area (Å²) < 4.78 is 12.1. The second kappa shape index (κ2) is 8.56. The zero-order valence-electron chi connectivity index (χ0n) is 17.9. The van der Waals surface area contributed by atoms with Crippen molar-refractivity contribution in [3.8, 4) is 5.75 Å². The van der Waals surface area contributed by atoms with E-state index in [9.17, 15) is 19.2 Å². The molecule has 0 unspecified atom stereocenters. The number of thiazole rings is 1. The number of carbonyl (C=O) groups excluding carboxylic acids is 3. The third-order valence-corrected chi connectivity index (χ3v) is 5.99. The minimum atomic E-state index is -0.698. The first kappa shape index (κ1) is 21.5. The van der Waals surface area contributed by atoms with Crippen molar-refractivity contribution in [2.75, 3.05) is 11.5 Å². The smallest absolute Gasteiger partial charge is 0.338 e. The monoisotopic (exact) mass is 475 g/mol. The van der Waals surface area contributed by atoms with Crippen molar-refractivity contribution in [3.63, 3.8) is 0 Å². The highest BCUT2D eigenvalue weighted by molar-refractivity contribution is 7.15. The Labute approximate surface area is 196 Å². The molecule has 3 heterocycles. The van der Waals surface area contributed by atoms with Gasteiger partial charge in [-0.2, -0.15) is 0 Å². The van der Waals surface area contributed by atoms with Gasteiger partial charge in [-0.15, -0.1) is 11.3 Å². The molecule has 2 aromatic carbocycles. The number of amides is 2. The molecule has 5 rings (SSSR count). The van der Waals surface area contributed by atoms with Crippen molar-refractivity contribution in [2.45, 2.75) is 13.5 Å². The predicted molar refractivity (Wildman–Crippen MR) is 124 cm³/mol. The van der Waals surface area contributed by atoms with Gasteiger partial charge in [-0.3, -0.25) is 18.8 Å². The number of anilines is 1. The van der Waals surface area contributed by atoms with Crippen LogP contribution < -0.4 is 15.2 Å². The molecule has 0 fully saturated rings. The highest BCUT2D eigenvalue weighted by Gasteiger charge is 2.37. The van der Waals surface area contributed by atoms with Crippen molar-refractivity contribution in [1.82, 2.24) is 9.38 Å². The zero-order valence-corrected chi connectivity index (χ0v) is 18.7. The van der Waals surface area contributed by atoms with Gasteiger partial charge < -0.3 is 9.47 Å². The Morgan fingerprint density at radius 2 is 1.76 bits per heavy atom. The molecule has 2 amide bonds. The van der Waals surface area contributed by atoms with E-state index in [1.54, 1.807) is 35.8 Å². The second-order valence-electron chi connectivity index (χ2n) is 7.35. The van der Waals surface area contributed by atoms with E-state index in [4.69, 9.17) is 9.47 Å². The molecule has 0 spiro atoms. The van der Waals surface area contributed by atoms with Crippen LogP contribution in [0.5, 0.6) is 5.75 Å². The zero-order chi connectivity index (χ0) is 23.8. The van der Waals surface area contributed by atoms with E-state index >= 15 is 0 Å². The predicted octanol–water partition coefficient (Wildman–Crippen LogP) is 3.31. The van der Waals surface area contributed by atoms with E-state index in [0.29, 0.717) is 28.7 Å². The number of ether oxygens (including phenoxy) is 2. The maximum Gasteiger partial charge on any atom is 0.338 e. The lowest BCUT2D eigenvalue weighted by molar-refractivity contribution is 0.0467. The van der Waals surface area contributed by atoms with E-state index in [-0.39, 0.29) is 28.9 Å². The Bertz CT molecular complexity index is 1510. The van der Waals surface area contributed by atoms with Crippen LogP contribution in [0.2, 0.25) is 0 Å². The average Bonchev–Trinajstić information content (AvgIpc) is 3.41. The van der Waals surface area contributed by atoms with Crippen LogP contribution >= 0.6 is 11.3 Å². The number of nitrogens with zero attached hydrogens (tertiary/aromatic N) is 3. The number of esters is 1. The van der Waals surface area contributed by atoms with Gasteiger partial charge in [-0.1, -0.05) is 0 Å². The Kier molecular flexibility index (Phi) is 5.42. The molecule has 0 N–H and O–H groups in total. The third-order valence-electron chi connectivity index (χ3n) is 5.24. The number of imide groups is 1. The summed E-state index contributed by atoms with van der Waals surface area (Å²) in [4.78, 5) is 56.4. The summed E-state index contributed by atoms with van der Waals surface area (Å²) in [6, 6.07) is 12.1. The fraction of sp³-hybridized carbons (Fsp3) is 0.125. The summed E-state index contributed by atoms with van der Waals surface area (Å²) in [6.45, 7) is 2.16. The van der Waals surface area contributed by atoms with Gasteiger partial charge in [-0.25, -0.2) is 14.7 Å². The Hall–Kier alpha value is -4.31. The van der Waals surface area contributed by atoms with Crippen LogP contribution in [-0.2, 0) is 11.3 Å². The topological polar surface area (TPSA) is 107 Å². The number of fused-ring (bicyclic) bond motifs is 2. The van der Waals surface area contributed by atoms with Crippen LogP contribution in [0.15, 0.2) is 64.9 Å². The Morgan fingerprint density at radius 3 is 2.53 bits per heavy atom. The van der Waals surface area contributed by atoms with Gasteiger partial charge >= 0.3 is 5.97 Å². The van der Waals surface area contributed by atoms with E-state index in [2.05, 4.69) is 4.98 Å². The highest BCUT2D eigenvalue weighted by atomic mass is 32.1. The van der Waals surface area contributed by atoms with Gasteiger partial charge in [0.1, 0.15) is 12.4 Å². The standard InChI is InChI=1S/C24H17N3O6S/c1-2-32-17-6-4-16(5-7-17)27-21(29)18-8-3-14(11-19(18)22(27)30)23(31)33-13-15-12-20(28)26-9-10-34-24(26)25-15/h3-12H,2,13H2,1H3. The maximum atomic E-state index is 13.0. The quantitative estimate of drug-likeness (QED) is 0.311. The molecule has 170 valence electrons. The average molecular weight is 475 g/mol. The van der Waals surface area contributed by atoms with Crippen molar-refractivity contribution in [1.29, 1.82) is 0 Å². The van der Waals surface area contributed by atoms with Crippen molar-refractivity contribution in [3.05, 3.63) is 92.8 Å². The summed E-state index contributed by atoms with van der Waals surface area (Å²) in [5.74, 6) is -1.08. The second-order valence-corrected chi connectivity index (χ2v) is 8.22. The molecule has 1 aliphatic heterocycles. The lowest BCUT2D eigenvalue weighted by atomic mass is 10.1. The maximum absolute atomic E-state index is 13.0. The number of aromatic nitrogens is 2.